The molecule has 1 heterocycles. The summed E-state index contributed by atoms with van der Waals surface area (Å²) in [5.74, 6) is -0.779. The number of halogens is 2. The number of amides is 1. The monoisotopic (exact) mass is 421 g/mol. The van der Waals surface area contributed by atoms with Gasteiger partial charge in [0.25, 0.3) is 5.91 Å². The van der Waals surface area contributed by atoms with Gasteiger partial charge in [0.2, 0.25) is 0 Å². The number of carbonyl (C=O) groups is 2. The first kappa shape index (κ1) is 17.5. The fraction of sp³-hybridized carbons (Fsp3) is 0.111. The molecule has 0 aliphatic carbocycles. The molecule has 7 heteroatoms. The lowest BCUT2D eigenvalue weighted by Gasteiger charge is -2.08. The number of hydrogen-bond acceptors (Lipinski definition) is 4. The fourth-order valence-electron chi connectivity index (χ4n) is 2.45. The molecule has 0 aliphatic rings. The Morgan fingerprint density at radius 3 is 2.68 bits per heavy atom. The first-order valence-corrected chi connectivity index (χ1v) is 8.45. The van der Waals surface area contributed by atoms with Gasteiger partial charge in [0.1, 0.15) is 5.58 Å². The zero-order chi connectivity index (χ0) is 18.1. The molecule has 3 aromatic rings. The highest BCUT2D eigenvalue weighted by atomic mass is 79.9. The Kier molecular flexibility index (Phi) is 4.83. The number of ether oxygens (including phenoxy) is 1. The molecular formula is C18H13BrClNO4. The zero-order valence-electron chi connectivity index (χ0n) is 13.4. The smallest absolute Gasteiger partial charge is 0.337 e. The Morgan fingerprint density at radius 1 is 1.20 bits per heavy atom. The maximum absolute atomic E-state index is 12.6. The minimum Gasteiger partial charge on any atom is -0.465 e. The van der Waals surface area contributed by atoms with Crippen molar-refractivity contribution in [2.75, 3.05) is 12.4 Å². The Hall–Kier alpha value is -2.31. The molecular weight excluding hydrogens is 410 g/mol. The second kappa shape index (κ2) is 6.90. The summed E-state index contributed by atoms with van der Waals surface area (Å²) < 4.78 is 11.2. The van der Waals surface area contributed by atoms with Crippen molar-refractivity contribution in [1.82, 2.24) is 0 Å². The van der Waals surface area contributed by atoms with E-state index in [1.165, 1.54) is 25.3 Å². The molecule has 1 aromatic heterocycles. The van der Waals surface area contributed by atoms with Crippen LogP contribution in [-0.2, 0) is 4.74 Å². The van der Waals surface area contributed by atoms with E-state index in [-0.39, 0.29) is 11.3 Å². The molecule has 1 amide bonds. The lowest BCUT2D eigenvalue weighted by molar-refractivity contribution is 0.0600. The molecule has 0 atom stereocenters. The quantitative estimate of drug-likeness (QED) is 0.589. The van der Waals surface area contributed by atoms with E-state index in [0.29, 0.717) is 21.9 Å². The van der Waals surface area contributed by atoms with Gasteiger partial charge in [0.15, 0.2) is 5.76 Å². The van der Waals surface area contributed by atoms with Crippen LogP contribution >= 0.6 is 27.5 Å². The van der Waals surface area contributed by atoms with Crippen molar-refractivity contribution in [3.63, 3.8) is 0 Å². The molecule has 0 aliphatic heterocycles. The number of benzene rings is 2. The molecule has 1 N–H and O–H groups in total. The van der Waals surface area contributed by atoms with Crippen LogP contribution < -0.4 is 5.32 Å². The van der Waals surface area contributed by atoms with Crippen LogP contribution in [0.1, 0.15) is 26.5 Å². The predicted molar refractivity (Wildman–Crippen MR) is 99.4 cm³/mol. The summed E-state index contributed by atoms with van der Waals surface area (Å²) in [7, 11) is 1.28. The number of hydrogen-bond donors (Lipinski definition) is 1. The van der Waals surface area contributed by atoms with E-state index in [4.69, 9.17) is 16.0 Å². The number of rotatable bonds is 3. The third-order valence-electron chi connectivity index (χ3n) is 3.74. The highest BCUT2D eigenvalue weighted by molar-refractivity contribution is 9.10. The van der Waals surface area contributed by atoms with E-state index >= 15 is 0 Å². The normalized spacial score (nSPS) is 10.7. The Balaban J connectivity index is 1.95. The van der Waals surface area contributed by atoms with Crippen LogP contribution in [0.4, 0.5) is 5.69 Å². The van der Waals surface area contributed by atoms with Gasteiger partial charge in [-0.25, -0.2) is 4.79 Å². The second-order valence-corrected chi connectivity index (χ2v) is 6.66. The SMILES string of the molecule is COC(=O)c1ccc(Cl)c(NC(=O)c2oc3ccc(Br)cc3c2C)c1. The second-order valence-electron chi connectivity index (χ2n) is 5.34. The standard InChI is InChI=1S/C18H13BrClNO4/c1-9-12-8-11(19)4-6-15(12)25-16(9)17(22)21-14-7-10(18(23)24-2)3-5-13(14)20/h3-8H,1-2H3,(H,21,22). The summed E-state index contributed by atoms with van der Waals surface area (Å²) in [6, 6.07) is 10.0. The molecule has 0 radical (unpaired) electrons. The molecule has 0 fully saturated rings. The number of furan rings is 1. The van der Waals surface area contributed by atoms with Crippen molar-refractivity contribution in [3.8, 4) is 0 Å². The van der Waals surface area contributed by atoms with Crippen LogP contribution in [0.25, 0.3) is 11.0 Å². The lowest BCUT2D eigenvalue weighted by atomic mass is 10.1. The zero-order valence-corrected chi connectivity index (χ0v) is 15.7. The molecule has 3 rings (SSSR count). The summed E-state index contributed by atoms with van der Waals surface area (Å²) in [5, 5.41) is 3.82. The topological polar surface area (TPSA) is 68.5 Å². The fourth-order valence-corrected chi connectivity index (χ4v) is 2.98. The summed E-state index contributed by atoms with van der Waals surface area (Å²) >= 11 is 9.51. The van der Waals surface area contributed by atoms with Gasteiger partial charge in [0.05, 0.1) is 23.4 Å². The van der Waals surface area contributed by atoms with E-state index in [1.54, 1.807) is 13.0 Å². The molecule has 0 spiro atoms. The first-order valence-electron chi connectivity index (χ1n) is 7.28. The molecule has 0 unspecified atom stereocenters. The van der Waals surface area contributed by atoms with Gasteiger partial charge >= 0.3 is 5.97 Å². The average molecular weight is 423 g/mol. The van der Waals surface area contributed by atoms with E-state index in [2.05, 4.69) is 26.0 Å². The van der Waals surface area contributed by atoms with Crippen molar-refractivity contribution >= 4 is 56.1 Å². The third-order valence-corrected chi connectivity index (χ3v) is 4.56. The Bertz CT molecular complexity index is 996. The average Bonchev–Trinajstić information content (AvgIpc) is 2.92. The number of esters is 1. The highest BCUT2D eigenvalue weighted by Crippen LogP contribution is 2.30. The van der Waals surface area contributed by atoms with Crippen LogP contribution in [0.15, 0.2) is 45.3 Å². The van der Waals surface area contributed by atoms with E-state index < -0.39 is 11.9 Å². The molecule has 25 heavy (non-hydrogen) atoms. The van der Waals surface area contributed by atoms with Crippen molar-refractivity contribution in [1.29, 1.82) is 0 Å². The maximum Gasteiger partial charge on any atom is 0.337 e. The van der Waals surface area contributed by atoms with Gasteiger partial charge in [-0.15, -0.1) is 0 Å². The van der Waals surface area contributed by atoms with Crippen LogP contribution in [-0.4, -0.2) is 19.0 Å². The van der Waals surface area contributed by atoms with Crippen LogP contribution in [0, 0.1) is 6.92 Å². The molecule has 5 nitrogen and oxygen atoms in total. The van der Waals surface area contributed by atoms with E-state index in [1.807, 2.05) is 12.1 Å². The molecule has 0 saturated heterocycles. The number of methoxy groups -OCH3 is 1. The van der Waals surface area contributed by atoms with Crippen LogP contribution in [0.5, 0.6) is 0 Å². The molecule has 128 valence electrons. The lowest BCUT2D eigenvalue weighted by Crippen LogP contribution is -2.13. The first-order chi connectivity index (χ1) is 11.9. The summed E-state index contributed by atoms with van der Waals surface area (Å²) in [6.07, 6.45) is 0. The Morgan fingerprint density at radius 2 is 1.96 bits per heavy atom. The molecule has 2 aromatic carbocycles. The van der Waals surface area contributed by atoms with Crippen molar-refractivity contribution in [2.24, 2.45) is 0 Å². The minimum atomic E-state index is -0.517. The van der Waals surface area contributed by atoms with Gasteiger partial charge in [0, 0.05) is 15.4 Å². The van der Waals surface area contributed by atoms with E-state index in [0.717, 1.165) is 9.86 Å². The Labute approximate surface area is 157 Å². The molecule has 0 saturated carbocycles. The summed E-state index contributed by atoms with van der Waals surface area (Å²) in [5.41, 5.74) is 1.91. The van der Waals surface area contributed by atoms with Gasteiger partial charge in [-0.1, -0.05) is 27.5 Å². The van der Waals surface area contributed by atoms with Crippen molar-refractivity contribution < 1.29 is 18.7 Å². The van der Waals surface area contributed by atoms with Crippen molar-refractivity contribution in [2.45, 2.75) is 6.92 Å². The predicted octanol–water partition coefficient (Wildman–Crippen LogP) is 5.20. The van der Waals surface area contributed by atoms with E-state index in [9.17, 15) is 9.59 Å². The number of aryl methyl sites for hydroxylation is 1. The minimum absolute atomic E-state index is 0.188. The van der Waals surface area contributed by atoms with Gasteiger partial charge in [-0.2, -0.15) is 0 Å². The number of anilines is 1. The van der Waals surface area contributed by atoms with Gasteiger partial charge in [-0.3, -0.25) is 4.79 Å². The highest BCUT2D eigenvalue weighted by Gasteiger charge is 2.19. The third kappa shape index (κ3) is 3.41. The van der Waals surface area contributed by atoms with Gasteiger partial charge in [-0.05, 0) is 43.3 Å². The van der Waals surface area contributed by atoms with Crippen LogP contribution in [0.2, 0.25) is 5.02 Å². The summed E-state index contributed by atoms with van der Waals surface area (Å²) in [6.45, 7) is 1.81. The largest absolute Gasteiger partial charge is 0.465 e. The van der Waals surface area contributed by atoms with Crippen molar-refractivity contribution in [3.05, 3.63) is 62.8 Å². The van der Waals surface area contributed by atoms with Crippen LogP contribution in [0.3, 0.4) is 0 Å². The number of carbonyl (C=O) groups excluding carboxylic acids is 2. The number of nitrogens with one attached hydrogen (secondary N) is 1. The maximum atomic E-state index is 12.6. The van der Waals surface area contributed by atoms with Gasteiger partial charge < -0.3 is 14.5 Å². The molecule has 0 bridgehead atoms. The number of fused-ring (bicyclic) bond motifs is 1. The summed E-state index contributed by atoms with van der Waals surface area (Å²) in [4.78, 5) is 24.2.